The van der Waals surface area contributed by atoms with Crippen LogP contribution in [0.25, 0.3) is 0 Å². The molecule has 0 unspecified atom stereocenters. The summed E-state index contributed by atoms with van der Waals surface area (Å²) >= 11 is 0. The summed E-state index contributed by atoms with van der Waals surface area (Å²) in [5.41, 5.74) is 7.68. The summed E-state index contributed by atoms with van der Waals surface area (Å²) in [4.78, 5) is 16.5. The van der Waals surface area contributed by atoms with Crippen LogP contribution in [-0.2, 0) is 4.79 Å². The zero-order valence-electron chi connectivity index (χ0n) is 12.1. The average molecular weight is 343 g/mol. The molecule has 2 aliphatic heterocycles. The van der Waals surface area contributed by atoms with Crippen molar-refractivity contribution in [1.29, 1.82) is 5.41 Å². The summed E-state index contributed by atoms with van der Waals surface area (Å²) in [5.74, 6) is 0.0838. The fraction of sp³-hybridized carbons (Fsp3) is 0.400. The first-order chi connectivity index (χ1) is 9.61. The minimum absolute atomic E-state index is 0. The molecule has 0 aliphatic carbocycles. The van der Waals surface area contributed by atoms with Crippen molar-refractivity contribution in [2.45, 2.75) is 19.3 Å². The van der Waals surface area contributed by atoms with E-state index in [1.54, 1.807) is 12.1 Å². The highest BCUT2D eigenvalue weighted by atomic mass is 35.5. The Balaban J connectivity index is 0.00000121. The van der Waals surface area contributed by atoms with Crippen LogP contribution in [0.3, 0.4) is 0 Å². The minimum atomic E-state index is -0.278. The maximum absolute atomic E-state index is 12.2. The summed E-state index contributed by atoms with van der Waals surface area (Å²) in [5, 5.41) is 10.7. The van der Waals surface area contributed by atoms with Crippen LogP contribution in [0.15, 0.2) is 29.3 Å². The molecule has 0 bridgehead atoms. The molecule has 0 atom stereocenters. The Kier molecular flexibility index (Phi) is 6.11. The van der Waals surface area contributed by atoms with E-state index in [0.717, 1.165) is 43.6 Å². The van der Waals surface area contributed by atoms with E-state index in [1.807, 2.05) is 12.1 Å². The van der Waals surface area contributed by atoms with Gasteiger partial charge in [-0.1, -0.05) is 24.3 Å². The van der Waals surface area contributed by atoms with E-state index in [1.165, 1.54) is 0 Å². The fourth-order valence-electron chi connectivity index (χ4n) is 2.98. The molecule has 22 heavy (non-hydrogen) atoms. The van der Waals surface area contributed by atoms with Crippen LogP contribution in [-0.4, -0.2) is 30.5 Å². The number of carbonyl (C=O) groups is 1. The molecule has 0 radical (unpaired) electrons. The first kappa shape index (κ1) is 18.6. The van der Waals surface area contributed by atoms with Gasteiger partial charge in [-0.3, -0.25) is 10.2 Å². The Morgan fingerprint density at radius 3 is 2.32 bits per heavy atom. The number of nitrogens with one attached hydrogen (secondary N) is 2. The molecule has 0 saturated carbocycles. The van der Waals surface area contributed by atoms with Crippen LogP contribution < -0.4 is 11.1 Å². The van der Waals surface area contributed by atoms with E-state index in [0.29, 0.717) is 5.56 Å². The highest BCUT2D eigenvalue weighted by Crippen LogP contribution is 2.40. The lowest BCUT2D eigenvalue weighted by molar-refractivity contribution is -0.127. The van der Waals surface area contributed by atoms with Gasteiger partial charge in [0.15, 0.2) is 0 Å². The number of hydrogen-bond acceptors (Lipinski definition) is 3. The maximum atomic E-state index is 12.2. The molecule has 1 aromatic rings. The number of aliphatic imine (C=N–C) groups is 1. The number of benzene rings is 1. The lowest BCUT2D eigenvalue weighted by Gasteiger charge is -2.30. The van der Waals surface area contributed by atoms with E-state index in [2.05, 4.69) is 10.3 Å². The topological polar surface area (TPSA) is 91.3 Å². The number of hydrogen-bond donors (Lipinski definition) is 3. The molecule has 1 aromatic carbocycles. The van der Waals surface area contributed by atoms with Crippen molar-refractivity contribution in [3.8, 4) is 0 Å². The van der Waals surface area contributed by atoms with Crippen molar-refractivity contribution in [3.05, 3.63) is 35.4 Å². The number of amidine groups is 1. The average Bonchev–Trinajstić information content (AvgIpc) is 2.77. The first-order valence-corrected chi connectivity index (χ1v) is 6.88. The Hall–Kier alpha value is -1.43. The van der Waals surface area contributed by atoms with Gasteiger partial charge in [-0.15, -0.1) is 24.8 Å². The third kappa shape index (κ3) is 3.32. The predicted molar refractivity (Wildman–Crippen MR) is 92.7 cm³/mol. The fourth-order valence-corrected chi connectivity index (χ4v) is 2.98. The SMILES string of the molecule is Cl.Cl.N=C(N)c1ccc(C2=NC(=O)C3(CCNCC3)C2)cc1. The summed E-state index contributed by atoms with van der Waals surface area (Å²) in [6, 6.07) is 7.39. The van der Waals surface area contributed by atoms with E-state index in [-0.39, 0.29) is 42.0 Å². The molecule has 4 N–H and O–H groups in total. The molecule has 3 rings (SSSR count). The zero-order chi connectivity index (χ0) is 14.2. The van der Waals surface area contributed by atoms with Crippen LogP contribution in [0.5, 0.6) is 0 Å². The van der Waals surface area contributed by atoms with Gasteiger partial charge in [0.05, 0.1) is 11.1 Å². The lowest BCUT2D eigenvalue weighted by atomic mass is 9.75. The minimum Gasteiger partial charge on any atom is -0.384 e. The second kappa shape index (κ2) is 7.22. The Labute approximate surface area is 142 Å². The second-order valence-electron chi connectivity index (χ2n) is 5.56. The molecular formula is C15H20Cl2N4O. The highest BCUT2D eigenvalue weighted by molar-refractivity contribution is 6.14. The van der Waals surface area contributed by atoms with Crippen molar-refractivity contribution >= 4 is 42.3 Å². The van der Waals surface area contributed by atoms with E-state index in [9.17, 15) is 4.79 Å². The molecule has 1 saturated heterocycles. The number of nitrogens with zero attached hydrogens (tertiary/aromatic N) is 1. The van der Waals surface area contributed by atoms with Crippen LogP contribution >= 0.6 is 24.8 Å². The van der Waals surface area contributed by atoms with E-state index < -0.39 is 0 Å². The molecule has 1 fully saturated rings. The molecule has 1 amide bonds. The Morgan fingerprint density at radius 2 is 1.77 bits per heavy atom. The van der Waals surface area contributed by atoms with E-state index in [4.69, 9.17) is 11.1 Å². The third-order valence-corrected chi connectivity index (χ3v) is 4.29. The number of nitrogen functional groups attached to an aromatic ring is 1. The van der Waals surface area contributed by atoms with Crippen LogP contribution in [0.4, 0.5) is 0 Å². The third-order valence-electron chi connectivity index (χ3n) is 4.29. The van der Waals surface area contributed by atoms with Gasteiger partial charge in [0.2, 0.25) is 0 Å². The summed E-state index contributed by atoms with van der Waals surface area (Å²) < 4.78 is 0. The molecule has 120 valence electrons. The second-order valence-corrected chi connectivity index (χ2v) is 5.56. The standard InChI is InChI=1S/C15H18N4O.2ClH/c16-13(17)11-3-1-10(2-4-11)12-9-15(14(20)19-12)5-7-18-8-6-15;;/h1-4,18H,5-9H2,(H3,16,17);2*1H. The number of carbonyl (C=O) groups excluding carboxylic acids is 1. The number of amides is 1. The van der Waals surface area contributed by atoms with Gasteiger partial charge in [0.1, 0.15) is 5.84 Å². The van der Waals surface area contributed by atoms with Crippen LogP contribution in [0.1, 0.15) is 30.4 Å². The van der Waals surface area contributed by atoms with Gasteiger partial charge in [0, 0.05) is 12.0 Å². The van der Waals surface area contributed by atoms with Gasteiger partial charge >= 0.3 is 0 Å². The predicted octanol–water partition coefficient (Wildman–Crippen LogP) is 1.90. The van der Waals surface area contributed by atoms with Crippen molar-refractivity contribution in [1.82, 2.24) is 5.32 Å². The quantitative estimate of drug-likeness (QED) is 0.566. The molecule has 1 spiro atoms. The van der Waals surface area contributed by atoms with Gasteiger partial charge in [-0.2, -0.15) is 0 Å². The van der Waals surface area contributed by atoms with Gasteiger partial charge in [-0.05, 0) is 31.5 Å². The van der Waals surface area contributed by atoms with Crippen molar-refractivity contribution < 1.29 is 4.79 Å². The molecule has 2 heterocycles. The summed E-state index contributed by atoms with van der Waals surface area (Å²) in [6.45, 7) is 1.77. The largest absolute Gasteiger partial charge is 0.384 e. The molecule has 2 aliphatic rings. The zero-order valence-corrected chi connectivity index (χ0v) is 13.7. The van der Waals surface area contributed by atoms with Crippen molar-refractivity contribution in [2.75, 3.05) is 13.1 Å². The first-order valence-electron chi connectivity index (χ1n) is 6.88. The lowest BCUT2D eigenvalue weighted by Crippen LogP contribution is -2.39. The molecule has 5 nitrogen and oxygen atoms in total. The number of piperidine rings is 1. The molecular weight excluding hydrogens is 323 g/mol. The van der Waals surface area contributed by atoms with Crippen molar-refractivity contribution in [3.63, 3.8) is 0 Å². The van der Waals surface area contributed by atoms with Crippen molar-refractivity contribution in [2.24, 2.45) is 16.1 Å². The normalized spacial score (nSPS) is 19.1. The van der Waals surface area contributed by atoms with Crippen LogP contribution in [0, 0.1) is 10.8 Å². The maximum Gasteiger partial charge on any atom is 0.252 e. The van der Waals surface area contributed by atoms with Gasteiger partial charge < -0.3 is 11.1 Å². The van der Waals surface area contributed by atoms with E-state index >= 15 is 0 Å². The number of rotatable bonds is 2. The highest BCUT2D eigenvalue weighted by Gasteiger charge is 2.44. The Morgan fingerprint density at radius 1 is 1.18 bits per heavy atom. The van der Waals surface area contributed by atoms with Gasteiger partial charge in [0.25, 0.3) is 5.91 Å². The molecule has 0 aromatic heterocycles. The van der Waals surface area contributed by atoms with Crippen LogP contribution in [0.2, 0.25) is 0 Å². The Bertz CT molecular complexity index is 592. The molecule has 7 heteroatoms. The smallest absolute Gasteiger partial charge is 0.252 e. The number of nitrogens with two attached hydrogens (primary N) is 1. The summed E-state index contributed by atoms with van der Waals surface area (Å²) in [7, 11) is 0. The number of halogens is 2. The monoisotopic (exact) mass is 342 g/mol. The van der Waals surface area contributed by atoms with Gasteiger partial charge in [-0.25, -0.2) is 4.99 Å². The summed E-state index contributed by atoms with van der Waals surface area (Å²) in [6.07, 6.45) is 2.46.